The van der Waals surface area contributed by atoms with Crippen molar-refractivity contribution >= 4 is 57.0 Å². The smallest absolute Gasteiger partial charge is 0.262 e. The average molecular weight is 785 g/mol. The summed E-state index contributed by atoms with van der Waals surface area (Å²) in [6.07, 6.45) is 6.84. The fourth-order valence-corrected chi connectivity index (χ4v) is 9.26. The van der Waals surface area contributed by atoms with Crippen molar-refractivity contribution in [1.29, 1.82) is 5.26 Å². The third-order valence-electron chi connectivity index (χ3n) is 11.6. The molecule has 4 aromatic heterocycles. The summed E-state index contributed by atoms with van der Waals surface area (Å²) in [6.45, 7) is 6.46. The van der Waals surface area contributed by atoms with E-state index in [1.807, 2.05) is 37.5 Å². The standard InChI is InChI=1S/C40H40N12O4S/c1-42-31-20-32(33-5-3-27-18-25(21-41)22-44-52(27)33)43-23-30(31)37-46-47-40(57-37)50-16-14-48(15-17-50)11-8-24-9-12-49(13-10-24)26-2-4-28-29(19-26)39(56)51(38(28)55)34-6-7-35(53)45-36(34)54/h2-5,18-20,22-24,34H,6-17H2,1H3,(H,42,43)(H,45,53,54). The number of piperazine rings is 1. The molecule has 0 bridgehead atoms. The number of anilines is 3. The summed E-state index contributed by atoms with van der Waals surface area (Å²) in [5.74, 6) is -1.34. The number of fused-ring (bicyclic) bond motifs is 2. The Morgan fingerprint density at radius 1 is 0.877 bits per heavy atom. The number of benzene rings is 1. The van der Waals surface area contributed by atoms with Crippen molar-refractivity contribution in [2.45, 2.75) is 38.1 Å². The van der Waals surface area contributed by atoms with Gasteiger partial charge in [-0.05, 0) is 80.6 Å². The molecule has 1 unspecified atom stereocenters. The Balaban J connectivity index is 0.757. The molecule has 4 aliphatic heterocycles. The van der Waals surface area contributed by atoms with E-state index in [2.05, 4.69) is 46.7 Å². The van der Waals surface area contributed by atoms with E-state index < -0.39 is 23.8 Å². The SMILES string of the molecule is CNc1cc(-c2ccc3cc(C#N)cnn23)ncc1-c1nnc(N2CCN(CCC3CCN(c4ccc5c(c4)C(=O)N(C4CCC(=O)NC4=O)C5=O)CC3)CC2)s1. The van der Waals surface area contributed by atoms with Crippen molar-refractivity contribution in [2.24, 2.45) is 5.92 Å². The fraction of sp³-hybridized carbons (Fsp3) is 0.375. The number of carbonyl (C=O) groups excluding carboxylic acids is 4. The second kappa shape index (κ2) is 15.0. The van der Waals surface area contributed by atoms with Crippen LogP contribution in [-0.2, 0) is 9.59 Å². The van der Waals surface area contributed by atoms with Crippen LogP contribution in [0.4, 0.5) is 16.5 Å². The van der Waals surface area contributed by atoms with Gasteiger partial charge in [-0.3, -0.25) is 39.3 Å². The molecule has 0 spiro atoms. The molecule has 0 aliphatic carbocycles. The van der Waals surface area contributed by atoms with Gasteiger partial charge in [0, 0.05) is 70.3 Å². The fourth-order valence-electron chi connectivity index (χ4n) is 8.34. The molecule has 3 fully saturated rings. The minimum Gasteiger partial charge on any atom is -0.387 e. The summed E-state index contributed by atoms with van der Waals surface area (Å²) >= 11 is 1.57. The molecule has 0 radical (unpaired) electrons. The predicted octanol–water partition coefficient (Wildman–Crippen LogP) is 3.66. The third-order valence-corrected chi connectivity index (χ3v) is 12.6. The van der Waals surface area contributed by atoms with Crippen LogP contribution in [0.5, 0.6) is 0 Å². The summed E-state index contributed by atoms with van der Waals surface area (Å²) in [4.78, 5) is 63.4. The monoisotopic (exact) mass is 784 g/mol. The molecule has 8 heterocycles. The maximum Gasteiger partial charge on any atom is 0.262 e. The van der Waals surface area contributed by atoms with E-state index in [0.29, 0.717) is 22.6 Å². The van der Waals surface area contributed by atoms with Crippen molar-refractivity contribution in [3.8, 4) is 28.0 Å². The zero-order chi connectivity index (χ0) is 39.2. The number of nitriles is 1. The lowest BCUT2D eigenvalue weighted by atomic mass is 9.92. The number of aromatic nitrogens is 5. The Bertz CT molecular complexity index is 2460. The predicted molar refractivity (Wildman–Crippen MR) is 213 cm³/mol. The topological polar surface area (TPSA) is 185 Å². The van der Waals surface area contributed by atoms with E-state index >= 15 is 0 Å². The number of piperidine rings is 2. The molecule has 2 N–H and O–H groups in total. The van der Waals surface area contributed by atoms with E-state index in [4.69, 9.17) is 4.98 Å². The van der Waals surface area contributed by atoms with Crippen LogP contribution in [-0.4, -0.2) is 117 Å². The first kappa shape index (κ1) is 36.4. The highest BCUT2D eigenvalue weighted by Gasteiger charge is 2.45. The van der Waals surface area contributed by atoms with Crippen LogP contribution in [0.15, 0.2) is 54.9 Å². The molecule has 3 saturated heterocycles. The first-order valence-corrected chi connectivity index (χ1v) is 20.1. The lowest BCUT2D eigenvalue weighted by molar-refractivity contribution is -0.136. The highest BCUT2D eigenvalue weighted by atomic mass is 32.1. The largest absolute Gasteiger partial charge is 0.387 e. The summed E-state index contributed by atoms with van der Waals surface area (Å²) in [6, 6.07) is 14.2. The number of imide groups is 2. The van der Waals surface area contributed by atoms with Crippen molar-refractivity contribution in [3.05, 3.63) is 71.5 Å². The number of pyridine rings is 1. The van der Waals surface area contributed by atoms with Crippen LogP contribution in [0.2, 0.25) is 0 Å². The quantitative estimate of drug-likeness (QED) is 0.207. The van der Waals surface area contributed by atoms with Crippen LogP contribution in [0.3, 0.4) is 0 Å². The van der Waals surface area contributed by atoms with E-state index in [9.17, 15) is 24.4 Å². The molecule has 9 rings (SSSR count). The minimum atomic E-state index is -0.965. The average Bonchev–Trinajstić information content (AvgIpc) is 3.97. The second-order valence-corrected chi connectivity index (χ2v) is 15.8. The molecule has 16 nitrogen and oxygen atoms in total. The first-order chi connectivity index (χ1) is 27.8. The molecule has 1 aromatic carbocycles. The van der Waals surface area contributed by atoms with Crippen LogP contribution >= 0.6 is 11.3 Å². The molecule has 5 aromatic rings. The van der Waals surface area contributed by atoms with Gasteiger partial charge in [0.05, 0.1) is 45.4 Å². The van der Waals surface area contributed by atoms with Crippen molar-refractivity contribution < 1.29 is 19.2 Å². The normalized spacial score (nSPS) is 19.3. The van der Waals surface area contributed by atoms with Gasteiger partial charge in [0.25, 0.3) is 11.8 Å². The maximum atomic E-state index is 13.3. The van der Waals surface area contributed by atoms with Gasteiger partial charge in [0.2, 0.25) is 16.9 Å². The van der Waals surface area contributed by atoms with Crippen molar-refractivity contribution in [3.63, 3.8) is 0 Å². The lowest BCUT2D eigenvalue weighted by Crippen LogP contribution is -2.54. The highest BCUT2D eigenvalue weighted by Crippen LogP contribution is 2.36. The van der Waals surface area contributed by atoms with Gasteiger partial charge < -0.3 is 15.1 Å². The maximum absolute atomic E-state index is 13.3. The summed E-state index contributed by atoms with van der Waals surface area (Å²) in [5, 5.41) is 30.0. The van der Waals surface area contributed by atoms with E-state index in [0.717, 1.165) is 114 Å². The van der Waals surface area contributed by atoms with Crippen LogP contribution in [0.1, 0.15) is 58.4 Å². The van der Waals surface area contributed by atoms with Gasteiger partial charge in [-0.25, -0.2) is 4.52 Å². The Morgan fingerprint density at radius 2 is 1.68 bits per heavy atom. The Kier molecular flexibility index (Phi) is 9.58. The van der Waals surface area contributed by atoms with Gasteiger partial charge >= 0.3 is 0 Å². The molecule has 4 aliphatic rings. The molecule has 4 amide bonds. The highest BCUT2D eigenvalue weighted by molar-refractivity contribution is 7.18. The number of nitrogens with zero attached hydrogens (tertiary/aromatic N) is 10. The van der Waals surface area contributed by atoms with E-state index in [-0.39, 0.29) is 18.7 Å². The molecular weight excluding hydrogens is 745 g/mol. The Morgan fingerprint density at radius 3 is 2.46 bits per heavy atom. The number of hydrogen-bond acceptors (Lipinski definition) is 14. The number of nitrogens with one attached hydrogen (secondary N) is 2. The number of carbonyl (C=O) groups is 4. The zero-order valence-corrected chi connectivity index (χ0v) is 32.2. The molecule has 290 valence electrons. The molecule has 0 saturated carbocycles. The van der Waals surface area contributed by atoms with Gasteiger partial charge in [-0.2, -0.15) is 10.4 Å². The third kappa shape index (κ3) is 6.84. The molecule has 1 atom stereocenters. The van der Waals surface area contributed by atoms with Gasteiger partial charge in [-0.1, -0.05) is 11.3 Å². The Labute approximate surface area is 332 Å². The number of amides is 4. The van der Waals surface area contributed by atoms with Gasteiger partial charge in [-0.15, -0.1) is 10.2 Å². The minimum absolute atomic E-state index is 0.0973. The second-order valence-electron chi connectivity index (χ2n) is 14.9. The lowest BCUT2D eigenvalue weighted by Gasteiger charge is -2.37. The van der Waals surface area contributed by atoms with Gasteiger partial charge in [0.15, 0.2) is 5.01 Å². The zero-order valence-electron chi connectivity index (χ0n) is 31.3. The van der Waals surface area contributed by atoms with E-state index in [1.54, 1.807) is 40.2 Å². The molecular formula is C40H40N12O4S. The van der Waals surface area contributed by atoms with Gasteiger partial charge in [0.1, 0.15) is 12.1 Å². The molecule has 57 heavy (non-hydrogen) atoms. The Hall–Kier alpha value is -6.25. The molecule has 17 heteroatoms. The van der Waals surface area contributed by atoms with Crippen molar-refractivity contribution in [2.75, 3.05) is 68.0 Å². The van der Waals surface area contributed by atoms with Crippen molar-refractivity contribution in [1.82, 2.24) is 39.9 Å². The summed E-state index contributed by atoms with van der Waals surface area (Å²) in [5.41, 5.74) is 6.22. The van der Waals surface area contributed by atoms with Crippen LogP contribution in [0, 0.1) is 17.2 Å². The van der Waals surface area contributed by atoms with Crippen LogP contribution in [0.25, 0.3) is 27.5 Å². The van der Waals surface area contributed by atoms with E-state index in [1.165, 1.54) is 0 Å². The first-order valence-electron chi connectivity index (χ1n) is 19.3. The van der Waals surface area contributed by atoms with Crippen LogP contribution < -0.4 is 20.4 Å². The summed E-state index contributed by atoms with van der Waals surface area (Å²) < 4.78 is 1.78. The number of hydrogen-bond donors (Lipinski definition) is 2. The number of rotatable bonds is 9. The summed E-state index contributed by atoms with van der Waals surface area (Å²) in [7, 11) is 1.88.